The van der Waals surface area contributed by atoms with Gasteiger partial charge >= 0.3 is 6.03 Å². The maximum atomic E-state index is 13.9. The van der Waals surface area contributed by atoms with Crippen molar-refractivity contribution in [2.45, 2.75) is 39.8 Å². The Kier molecular flexibility index (Phi) is 5.78. The largest absolute Gasteiger partial charge is 0.491 e. The van der Waals surface area contributed by atoms with Crippen molar-refractivity contribution in [2.75, 3.05) is 11.9 Å². The molecule has 130 valence electrons. The third-order valence-corrected chi connectivity index (χ3v) is 3.50. The molecule has 0 saturated carbocycles. The maximum absolute atomic E-state index is 13.9. The van der Waals surface area contributed by atoms with Crippen LogP contribution in [0.1, 0.15) is 45.3 Å². The van der Waals surface area contributed by atoms with Crippen molar-refractivity contribution in [3.8, 4) is 5.75 Å². The van der Waals surface area contributed by atoms with Gasteiger partial charge in [-0.25, -0.2) is 13.9 Å². The number of nitrogens with one attached hydrogen (secondary N) is 2. The summed E-state index contributed by atoms with van der Waals surface area (Å²) in [5.74, 6) is 0.368. The van der Waals surface area contributed by atoms with E-state index in [1.54, 1.807) is 42.9 Å². The van der Waals surface area contributed by atoms with E-state index in [9.17, 15) is 9.18 Å². The number of ether oxygens (including phenoxy) is 1. The van der Waals surface area contributed by atoms with E-state index >= 15 is 0 Å². The molecule has 0 aliphatic heterocycles. The van der Waals surface area contributed by atoms with Crippen molar-refractivity contribution in [1.29, 1.82) is 0 Å². The van der Waals surface area contributed by atoms with Crippen molar-refractivity contribution >= 4 is 11.8 Å². The van der Waals surface area contributed by atoms with Crippen molar-refractivity contribution in [2.24, 2.45) is 0 Å². The maximum Gasteiger partial charge on any atom is 0.320 e. The number of hydrogen-bond acceptors (Lipinski definition) is 3. The first kappa shape index (κ1) is 17.8. The monoisotopic (exact) mass is 334 g/mol. The molecule has 0 unspecified atom stereocenters. The van der Waals surface area contributed by atoms with E-state index in [0.29, 0.717) is 18.0 Å². The van der Waals surface area contributed by atoms with Gasteiger partial charge in [-0.05, 0) is 45.4 Å². The minimum atomic E-state index is -0.443. The summed E-state index contributed by atoms with van der Waals surface area (Å²) in [4.78, 5) is 12.1. The first-order valence-corrected chi connectivity index (χ1v) is 7.95. The van der Waals surface area contributed by atoms with E-state index in [1.807, 2.05) is 13.8 Å². The third-order valence-electron chi connectivity index (χ3n) is 3.50. The van der Waals surface area contributed by atoms with Gasteiger partial charge in [-0.15, -0.1) is 0 Å². The summed E-state index contributed by atoms with van der Waals surface area (Å²) in [6.45, 7) is 7.93. The van der Waals surface area contributed by atoms with Gasteiger partial charge in [-0.3, -0.25) is 5.32 Å². The van der Waals surface area contributed by atoms with Crippen LogP contribution in [0.2, 0.25) is 0 Å². The van der Waals surface area contributed by atoms with Crippen LogP contribution in [-0.4, -0.2) is 22.4 Å². The van der Waals surface area contributed by atoms with Crippen molar-refractivity contribution in [3.05, 3.63) is 41.8 Å². The molecule has 0 radical (unpaired) electrons. The molecule has 0 saturated heterocycles. The van der Waals surface area contributed by atoms with Crippen molar-refractivity contribution in [1.82, 2.24) is 15.1 Å². The molecule has 6 nitrogen and oxygen atoms in total. The summed E-state index contributed by atoms with van der Waals surface area (Å²) in [6, 6.07) is 5.79. The highest BCUT2D eigenvalue weighted by Crippen LogP contribution is 2.22. The molecular formula is C17H23FN4O2. The number of rotatable bonds is 6. The molecule has 1 aromatic heterocycles. The molecule has 0 spiro atoms. The number of aromatic nitrogens is 2. The molecule has 0 fully saturated rings. The Hall–Kier alpha value is -2.57. The van der Waals surface area contributed by atoms with E-state index in [-0.39, 0.29) is 23.9 Å². The molecule has 0 aliphatic carbocycles. The van der Waals surface area contributed by atoms with Crippen LogP contribution in [0.5, 0.6) is 5.75 Å². The first-order chi connectivity index (χ1) is 11.4. The molecule has 1 atom stereocenters. The predicted octanol–water partition coefficient (Wildman–Crippen LogP) is 3.88. The SMILES string of the molecule is CCOc1ccc([C@H](C)NC(=O)Nc2ccnn2C(C)C)cc1F. The topological polar surface area (TPSA) is 68.2 Å². The number of amides is 2. The summed E-state index contributed by atoms with van der Waals surface area (Å²) in [6.07, 6.45) is 1.63. The van der Waals surface area contributed by atoms with Crippen molar-refractivity contribution < 1.29 is 13.9 Å². The third kappa shape index (κ3) is 4.24. The zero-order valence-corrected chi connectivity index (χ0v) is 14.3. The van der Waals surface area contributed by atoms with Crippen LogP contribution in [0.3, 0.4) is 0 Å². The molecule has 1 aromatic carbocycles. The van der Waals surface area contributed by atoms with Gasteiger partial charge in [0.05, 0.1) is 18.8 Å². The van der Waals surface area contributed by atoms with E-state index in [2.05, 4.69) is 15.7 Å². The fourth-order valence-corrected chi connectivity index (χ4v) is 2.32. The van der Waals surface area contributed by atoms with Gasteiger partial charge < -0.3 is 10.1 Å². The molecule has 2 N–H and O–H groups in total. The lowest BCUT2D eigenvalue weighted by Gasteiger charge is -2.17. The van der Waals surface area contributed by atoms with Crippen LogP contribution in [0.25, 0.3) is 0 Å². The van der Waals surface area contributed by atoms with Crippen LogP contribution in [-0.2, 0) is 0 Å². The average molecular weight is 334 g/mol. The number of anilines is 1. The molecule has 2 aromatic rings. The fraction of sp³-hybridized carbons (Fsp3) is 0.412. The Balaban J connectivity index is 2.01. The van der Waals surface area contributed by atoms with Gasteiger partial charge in [0, 0.05) is 12.1 Å². The highest BCUT2D eigenvalue weighted by atomic mass is 19.1. The van der Waals surface area contributed by atoms with Crippen LogP contribution in [0.15, 0.2) is 30.5 Å². The van der Waals surface area contributed by atoms with Gasteiger partial charge in [-0.2, -0.15) is 5.10 Å². The fourth-order valence-electron chi connectivity index (χ4n) is 2.32. The van der Waals surface area contributed by atoms with Crippen LogP contribution in [0.4, 0.5) is 15.0 Å². The second-order valence-electron chi connectivity index (χ2n) is 5.70. The van der Waals surface area contributed by atoms with Gasteiger partial charge in [-0.1, -0.05) is 6.07 Å². The minimum Gasteiger partial charge on any atom is -0.491 e. The lowest BCUT2D eigenvalue weighted by atomic mass is 10.1. The smallest absolute Gasteiger partial charge is 0.320 e. The molecule has 24 heavy (non-hydrogen) atoms. The number of urea groups is 1. The molecule has 7 heteroatoms. The number of carbonyl (C=O) groups excluding carboxylic acids is 1. The molecule has 0 bridgehead atoms. The molecular weight excluding hydrogens is 311 g/mol. The summed E-state index contributed by atoms with van der Waals surface area (Å²) >= 11 is 0. The Morgan fingerprint density at radius 1 is 1.33 bits per heavy atom. The molecule has 2 amide bonds. The molecule has 2 rings (SSSR count). The zero-order chi connectivity index (χ0) is 17.7. The van der Waals surface area contributed by atoms with Gasteiger partial charge in [0.25, 0.3) is 0 Å². The molecule has 0 aliphatic rings. The van der Waals surface area contributed by atoms with E-state index in [0.717, 1.165) is 0 Å². The van der Waals surface area contributed by atoms with Gasteiger partial charge in [0.2, 0.25) is 0 Å². The second-order valence-corrected chi connectivity index (χ2v) is 5.70. The highest BCUT2D eigenvalue weighted by molar-refractivity contribution is 5.88. The Morgan fingerprint density at radius 2 is 2.08 bits per heavy atom. The number of hydrogen-bond donors (Lipinski definition) is 2. The number of benzene rings is 1. The standard InChI is InChI=1S/C17H23FN4O2/c1-5-24-15-7-6-13(10-14(15)18)12(4)20-17(23)21-16-8-9-19-22(16)11(2)3/h6-12H,5H2,1-4H3,(H2,20,21,23)/t12-/m0/s1. The summed E-state index contributed by atoms with van der Waals surface area (Å²) in [5, 5.41) is 9.69. The average Bonchev–Trinajstić information content (AvgIpc) is 2.97. The number of nitrogens with zero attached hydrogens (tertiary/aromatic N) is 2. The predicted molar refractivity (Wildman–Crippen MR) is 90.8 cm³/mol. The quantitative estimate of drug-likeness (QED) is 0.842. The normalized spacial score (nSPS) is 12.1. The summed E-state index contributed by atoms with van der Waals surface area (Å²) in [7, 11) is 0. The first-order valence-electron chi connectivity index (χ1n) is 7.95. The lowest BCUT2D eigenvalue weighted by molar-refractivity contribution is 0.249. The van der Waals surface area contributed by atoms with E-state index in [4.69, 9.17) is 4.74 Å². The van der Waals surface area contributed by atoms with E-state index < -0.39 is 5.82 Å². The molecule has 1 heterocycles. The second kappa shape index (κ2) is 7.81. The summed E-state index contributed by atoms with van der Waals surface area (Å²) in [5.41, 5.74) is 0.656. The van der Waals surface area contributed by atoms with Gasteiger partial charge in [0.1, 0.15) is 5.82 Å². The van der Waals surface area contributed by atoms with Crippen molar-refractivity contribution in [3.63, 3.8) is 0 Å². The van der Waals surface area contributed by atoms with E-state index in [1.165, 1.54) is 6.07 Å². The van der Waals surface area contributed by atoms with Crippen LogP contribution in [0, 0.1) is 5.82 Å². The van der Waals surface area contributed by atoms with Crippen LogP contribution < -0.4 is 15.4 Å². The number of carbonyl (C=O) groups is 1. The number of halogens is 1. The summed E-state index contributed by atoms with van der Waals surface area (Å²) < 4.78 is 20.8. The Labute approximate surface area is 141 Å². The Morgan fingerprint density at radius 3 is 2.71 bits per heavy atom. The minimum absolute atomic E-state index is 0.132. The van der Waals surface area contributed by atoms with Gasteiger partial charge in [0.15, 0.2) is 11.6 Å². The lowest BCUT2D eigenvalue weighted by Crippen LogP contribution is -2.32. The zero-order valence-electron chi connectivity index (χ0n) is 14.3. The van der Waals surface area contributed by atoms with Crippen LogP contribution >= 0.6 is 0 Å². The highest BCUT2D eigenvalue weighted by Gasteiger charge is 2.14. The Bertz CT molecular complexity index is 700.